The number of aromatic nitrogens is 1. The van der Waals surface area contributed by atoms with E-state index in [4.69, 9.17) is 16.7 Å². The van der Waals surface area contributed by atoms with Gasteiger partial charge in [-0.15, -0.1) is 0 Å². The first-order valence-corrected chi connectivity index (χ1v) is 4.45. The number of hydrogen-bond donors (Lipinski definition) is 1. The van der Waals surface area contributed by atoms with Crippen LogP contribution in [0.25, 0.3) is 0 Å². The maximum Gasteiger partial charge on any atom is 0.335 e. The number of nitrogens with zero attached hydrogens (tertiary/aromatic N) is 1. The first kappa shape index (κ1) is 8.51. The Morgan fingerprint density at radius 3 is 2.77 bits per heavy atom. The third kappa shape index (κ3) is 1.80. The number of halogens is 1. The van der Waals surface area contributed by atoms with E-state index in [0.717, 1.165) is 18.5 Å². The largest absolute Gasteiger partial charge is 0.478 e. The van der Waals surface area contributed by atoms with Crippen molar-refractivity contribution in [3.8, 4) is 0 Å². The summed E-state index contributed by atoms with van der Waals surface area (Å²) in [5, 5.41) is 9.02. The molecular weight excluding hydrogens is 190 g/mol. The Balaban J connectivity index is 2.41. The van der Waals surface area contributed by atoms with Gasteiger partial charge in [-0.05, 0) is 25.0 Å². The van der Waals surface area contributed by atoms with Crippen molar-refractivity contribution in [1.29, 1.82) is 0 Å². The summed E-state index contributed by atoms with van der Waals surface area (Å²) >= 11 is 5.69. The predicted molar refractivity (Wildman–Crippen MR) is 48.2 cm³/mol. The number of pyridine rings is 1. The monoisotopic (exact) mass is 197 g/mol. The Hall–Kier alpha value is -1.09. The molecule has 1 fully saturated rings. The SMILES string of the molecule is O=C(O)c1cc(Cl)nc(C2CC2)c1. The van der Waals surface area contributed by atoms with Crippen LogP contribution < -0.4 is 0 Å². The van der Waals surface area contributed by atoms with Crippen LogP contribution in [0.5, 0.6) is 0 Å². The zero-order valence-corrected chi connectivity index (χ0v) is 7.58. The number of aromatic carboxylic acids is 1. The van der Waals surface area contributed by atoms with Crippen LogP contribution in [0.1, 0.15) is 34.8 Å². The quantitative estimate of drug-likeness (QED) is 0.741. The molecule has 1 aromatic heterocycles. The van der Waals surface area contributed by atoms with Gasteiger partial charge in [0.1, 0.15) is 5.15 Å². The molecular formula is C9H8ClNO2. The zero-order chi connectivity index (χ0) is 9.42. The van der Waals surface area contributed by atoms with Crippen molar-refractivity contribution in [1.82, 2.24) is 4.98 Å². The lowest BCUT2D eigenvalue weighted by Gasteiger charge is -2.00. The minimum atomic E-state index is -0.953. The summed E-state index contributed by atoms with van der Waals surface area (Å²) in [5.74, 6) is -0.525. The van der Waals surface area contributed by atoms with Crippen LogP contribution in [-0.4, -0.2) is 16.1 Å². The average molecular weight is 198 g/mol. The number of carbonyl (C=O) groups is 1. The Kier molecular flexibility index (Phi) is 1.96. The molecule has 0 bridgehead atoms. The van der Waals surface area contributed by atoms with Crippen LogP contribution in [0.3, 0.4) is 0 Å². The van der Waals surface area contributed by atoms with Gasteiger partial charge in [0.25, 0.3) is 0 Å². The third-order valence-electron chi connectivity index (χ3n) is 2.06. The Bertz CT molecular complexity index is 361. The fourth-order valence-electron chi connectivity index (χ4n) is 1.23. The van der Waals surface area contributed by atoms with Crippen molar-refractivity contribution >= 4 is 17.6 Å². The van der Waals surface area contributed by atoms with Crippen LogP contribution in [0.4, 0.5) is 0 Å². The second kappa shape index (κ2) is 3.00. The van der Waals surface area contributed by atoms with E-state index < -0.39 is 5.97 Å². The highest BCUT2D eigenvalue weighted by molar-refractivity contribution is 6.29. The minimum absolute atomic E-state index is 0.224. The molecule has 4 heteroatoms. The first-order valence-electron chi connectivity index (χ1n) is 4.07. The second-order valence-corrected chi connectivity index (χ2v) is 3.57. The highest BCUT2D eigenvalue weighted by Gasteiger charge is 2.26. The molecule has 0 atom stereocenters. The highest BCUT2D eigenvalue weighted by Crippen LogP contribution is 2.39. The predicted octanol–water partition coefficient (Wildman–Crippen LogP) is 2.31. The smallest absolute Gasteiger partial charge is 0.335 e. The Morgan fingerprint density at radius 2 is 2.23 bits per heavy atom. The van der Waals surface area contributed by atoms with E-state index in [1.807, 2.05) is 0 Å². The van der Waals surface area contributed by atoms with E-state index in [0.29, 0.717) is 5.92 Å². The van der Waals surface area contributed by atoms with Gasteiger partial charge in [0.05, 0.1) is 5.56 Å². The lowest BCUT2D eigenvalue weighted by molar-refractivity contribution is 0.0696. The molecule has 0 amide bonds. The molecule has 68 valence electrons. The van der Waals surface area contributed by atoms with E-state index >= 15 is 0 Å². The maximum absolute atomic E-state index is 10.7. The van der Waals surface area contributed by atoms with Gasteiger partial charge in [0.15, 0.2) is 0 Å². The van der Waals surface area contributed by atoms with Crippen molar-refractivity contribution in [3.05, 3.63) is 28.5 Å². The molecule has 0 unspecified atom stereocenters. The maximum atomic E-state index is 10.7. The molecule has 0 radical (unpaired) electrons. The second-order valence-electron chi connectivity index (χ2n) is 3.18. The molecule has 0 spiro atoms. The summed E-state index contributed by atoms with van der Waals surface area (Å²) in [7, 11) is 0. The molecule has 2 rings (SSSR count). The van der Waals surface area contributed by atoms with E-state index in [1.54, 1.807) is 6.07 Å². The molecule has 13 heavy (non-hydrogen) atoms. The number of hydrogen-bond acceptors (Lipinski definition) is 2. The molecule has 1 aliphatic carbocycles. The van der Waals surface area contributed by atoms with Crippen molar-refractivity contribution in [2.24, 2.45) is 0 Å². The normalized spacial score (nSPS) is 15.8. The van der Waals surface area contributed by atoms with Crippen molar-refractivity contribution in [2.45, 2.75) is 18.8 Å². The molecule has 0 aromatic carbocycles. The molecule has 1 aromatic rings. The summed E-state index contributed by atoms with van der Waals surface area (Å²) in [6, 6.07) is 2.97. The van der Waals surface area contributed by atoms with Crippen LogP contribution in [0.2, 0.25) is 5.15 Å². The third-order valence-corrected chi connectivity index (χ3v) is 2.25. The summed E-state index contributed by atoms with van der Waals surface area (Å²) in [5.41, 5.74) is 1.03. The van der Waals surface area contributed by atoms with Crippen molar-refractivity contribution in [2.75, 3.05) is 0 Å². The van der Waals surface area contributed by atoms with Gasteiger partial charge in [0, 0.05) is 11.6 Å². The minimum Gasteiger partial charge on any atom is -0.478 e. The van der Waals surface area contributed by atoms with Gasteiger partial charge in [-0.2, -0.15) is 0 Å². The lowest BCUT2D eigenvalue weighted by Crippen LogP contribution is -1.99. The van der Waals surface area contributed by atoms with Crippen LogP contribution in [0.15, 0.2) is 12.1 Å². The molecule has 1 heterocycles. The van der Waals surface area contributed by atoms with Crippen LogP contribution in [0, 0.1) is 0 Å². The number of carboxylic acids is 1. The number of rotatable bonds is 2. The average Bonchev–Trinajstić information content (AvgIpc) is 2.85. The van der Waals surface area contributed by atoms with E-state index in [2.05, 4.69) is 4.98 Å². The summed E-state index contributed by atoms with van der Waals surface area (Å²) in [4.78, 5) is 14.7. The van der Waals surface area contributed by atoms with Gasteiger partial charge in [-0.3, -0.25) is 0 Å². The standard InChI is InChI=1S/C9H8ClNO2/c10-8-4-6(9(12)13)3-7(11-8)5-1-2-5/h3-5H,1-2H2,(H,12,13). The molecule has 1 N–H and O–H groups in total. The fourth-order valence-corrected chi connectivity index (χ4v) is 1.44. The molecule has 1 saturated carbocycles. The van der Waals surface area contributed by atoms with E-state index in [1.165, 1.54) is 6.07 Å². The van der Waals surface area contributed by atoms with Gasteiger partial charge in [-0.1, -0.05) is 11.6 Å². The van der Waals surface area contributed by atoms with Gasteiger partial charge >= 0.3 is 5.97 Å². The Labute approximate surface area is 80.4 Å². The number of carboxylic acid groups (broad SMARTS) is 1. The van der Waals surface area contributed by atoms with Gasteiger partial charge in [0.2, 0.25) is 0 Å². The van der Waals surface area contributed by atoms with E-state index in [-0.39, 0.29) is 10.7 Å². The van der Waals surface area contributed by atoms with Gasteiger partial charge in [-0.25, -0.2) is 9.78 Å². The highest BCUT2D eigenvalue weighted by atomic mass is 35.5. The zero-order valence-electron chi connectivity index (χ0n) is 6.83. The summed E-state index contributed by atoms with van der Waals surface area (Å²) < 4.78 is 0. The van der Waals surface area contributed by atoms with E-state index in [9.17, 15) is 4.79 Å². The topological polar surface area (TPSA) is 50.2 Å². The molecule has 3 nitrogen and oxygen atoms in total. The van der Waals surface area contributed by atoms with Crippen LogP contribution in [-0.2, 0) is 0 Å². The molecule has 0 saturated heterocycles. The van der Waals surface area contributed by atoms with Crippen LogP contribution >= 0.6 is 11.6 Å². The molecule has 0 aliphatic heterocycles. The van der Waals surface area contributed by atoms with Crippen molar-refractivity contribution < 1.29 is 9.90 Å². The Morgan fingerprint density at radius 1 is 1.54 bits per heavy atom. The fraction of sp³-hybridized carbons (Fsp3) is 0.333. The van der Waals surface area contributed by atoms with Gasteiger partial charge < -0.3 is 5.11 Å². The first-order chi connectivity index (χ1) is 6.16. The molecule has 1 aliphatic rings. The summed E-state index contributed by atoms with van der Waals surface area (Å²) in [6.45, 7) is 0. The summed E-state index contributed by atoms with van der Waals surface area (Å²) in [6.07, 6.45) is 2.18. The van der Waals surface area contributed by atoms with Crippen molar-refractivity contribution in [3.63, 3.8) is 0 Å². The lowest BCUT2D eigenvalue weighted by atomic mass is 10.2.